The summed E-state index contributed by atoms with van der Waals surface area (Å²) in [6.07, 6.45) is 0. The summed E-state index contributed by atoms with van der Waals surface area (Å²) in [5.74, 6) is 0. The Hall–Kier alpha value is -0.200. The van der Waals surface area contributed by atoms with Gasteiger partial charge in [-0.1, -0.05) is 0 Å². The smallest absolute Gasteiger partial charge is 0.0437 e. The van der Waals surface area contributed by atoms with Crippen LogP contribution in [0.3, 0.4) is 0 Å². The summed E-state index contributed by atoms with van der Waals surface area (Å²) in [5.41, 5.74) is 0. The number of hydrogen-bond acceptors (Lipinski definition) is 5. The van der Waals surface area contributed by atoms with Crippen LogP contribution in [0.15, 0.2) is 0 Å². The Bertz CT molecular complexity index is 20.0. The lowest BCUT2D eigenvalue weighted by Crippen LogP contribution is -1.84. The van der Waals surface area contributed by atoms with Gasteiger partial charge in [-0.15, -0.1) is 0 Å². The van der Waals surface area contributed by atoms with Crippen molar-refractivity contribution < 1.29 is 4.74 Å². The third kappa shape index (κ3) is 81.0. The van der Waals surface area contributed by atoms with E-state index in [1.807, 2.05) is 13.8 Å². The fourth-order valence-corrected chi connectivity index (χ4v) is 0.204. The first-order valence-electron chi connectivity index (χ1n) is 1.99. The van der Waals surface area contributed by atoms with Crippen LogP contribution in [-0.4, -0.2) is 13.2 Å². The Labute approximate surface area is 57.5 Å². The molecule has 0 heterocycles. The highest BCUT2D eigenvalue weighted by atomic mass is 16.5. The minimum Gasteiger partial charge on any atom is -0.382 e. The second-order valence-corrected chi connectivity index (χ2v) is 0.781. The standard InChI is InChI=1S/C4H10O.4H3N/c1-3-5-4-2;;;;/h3-4H2,1-2H3;4*1H3. The topological polar surface area (TPSA) is 149 Å². The fraction of sp³-hybridized carbons (Fsp3) is 1.00. The second-order valence-electron chi connectivity index (χ2n) is 0.781. The van der Waals surface area contributed by atoms with Crippen molar-refractivity contribution in [3.05, 3.63) is 0 Å². The van der Waals surface area contributed by atoms with Gasteiger partial charge in [0.1, 0.15) is 0 Å². The van der Waals surface area contributed by atoms with Crippen LogP contribution in [0, 0.1) is 0 Å². The van der Waals surface area contributed by atoms with Gasteiger partial charge >= 0.3 is 0 Å². The zero-order valence-electron chi connectivity index (χ0n) is 6.65. The maximum atomic E-state index is 4.83. The molecule has 0 aromatic rings. The van der Waals surface area contributed by atoms with Crippen molar-refractivity contribution in [2.24, 2.45) is 0 Å². The molecule has 0 saturated carbocycles. The minimum atomic E-state index is 0. The molecule has 5 nitrogen and oxygen atoms in total. The second kappa shape index (κ2) is 46.0. The van der Waals surface area contributed by atoms with Crippen LogP contribution in [0.2, 0.25) is 0 Å². The third-order valence-corrected chi connectivity index (χ3v) is 0.408. The summed E-state index contributed by atoms with van der Waals surface area (Å²) >= 11 is 0. The van der Waals surface area contributed by atoms with Gasteiger partial charge in [0, 0.05) is 13.2 Å². The van der Waals surface area contributed by atoms with Gasteiger partial charge in [-0.3, -0.25) is 0 Å². The lowest BCUT2D eigenvalue weighted by Gasteiger charge is -1.86. The van der Waals surface area contributed by atoms with Gasteiger partial charge < -0.3 is 29.3 Å². The minimum absolute atomic E-state index is 0. The first kappa shape index (κ1) is 37.1. The van der Waals surface area contributed by atoms with E-state index >= 15 is 0 Å². The molecule has 0 rings (SSSR count). The summed E-state index contributed by atoms with van der Waals surface area (Å²) in [7, 11) is 0. The molecular formula is C4H22N4O. The number of rotatable bonds is 2. The molecule has 5 heteroatoms. The van der Waals surface area contributed by atoms with Gasteiger partial charge in [0.15, 0.2) is 0 Å². The van der Waals surface area contributed by atoms with Crippen molar-refractivity contribution in [3.8, 4) is 0 Å². The summed E-state index contributed by atoms with van der Waals surface area (Å²) in [6.45, 7) is 5.67. The van der Waals surface area contributed by atoms with Crippen LogP contribution >= 0.6 is 0 Å². The zero-order chi connectivity index (χ0) is 4.12. The van der Waals surface area contributed by atoms with Crippen molar-refractivity contribution in [1.29, 1.82) is 0 Å². The van der Waals surface area contributed by atoms with Crippen LogP contribution in [0.5, 0.6) is 0 Å². The Morgan fingerprint density at radius 1 is 0.778 bits per heavy atom. The molecule has 0 fully saturated rings. The fourth-order valence-electron chi connectivity index (χ4n) is 0.204. The van der Waals surface area contributed by atoms with E-state index in [1.54, 1.807) is 0 Å². The van der Waals surface area contributed by atoms with Gasteiger partial charge in [-0.05, 0) is 13.8 Å². The molecule has 0 aromatic carbocycles. The molecule has 0 spiro atoms. The highest BCUT2D eigenvalue weighted by Crippen LogP contribution is 1.64. The molecule has 0 saturated heterocycles. The van der Waals surface area contributed by atoms with Crippen LogP contribution in [0.25, 0.3) is 0 Å². The highest BCUT2D eigenvalue weighted by Gasteiger charge is 1.64. The Balaban J connectivity index is -0.0000000133. The average molecular weight is 142 g/mol. The van der Waals surface area contributed by atoms with Crippen molar-refractivity contribution in [1.82, 2.24) is 24.6 Å². The van der Waals surface area contributed by atoms with E-state index in [2.05, 4.69) is 0 Å². The SMILES string of the molecule is CCOCC.N.N.N.N. The van der Waals surface area contributed by atoms with Gasteiger partial charge in [0.25, 0.3) is 0 Å². The molecule has 9 heavy (non-hydrogen) atoms. The molecule has 0 aliphatic carbocycles. The molecule has 0 aromatic heterocycles. The quantitative estimate of drug-likeness (QED) is 0.462. The largest absolute Gasteiger partial charge is 0.382 e. The van der Waals surface area contributed by atoms with E-state index in [0.29, 0.717) is 0 Å². The lowest BCUT2D eigenvalue weighted by atomic mass is 10.8. The molecule has 0 atom stereocenters. The molecule has 0 bridgehead atoms. The maximum Gasteiger partial charge on any atom is 0.0437 e. The molecule has 12 N–H and O–H groups in total. The number of hydrogen-bond donors (Lipinski definition) is 4. The molecule has 0 aliphatic rings. The van der Waals surface area contributed by atoms with Crippen LogP contribution in [0.1, 0.15) is 13.8 Å². The van der Waals surface area contributed by atoms with Crippen molar-refractivity contribution in [2.45, 2.75) is 13.8 Å². The summed E-state index contributed by atoms with van der Waals surface area (Å²) in [5, 5.41) is 0. The van der Waals surface area contributed by atoms with E-state index in [1.165, 1.54) is 0 Å². The van der Waals surface area contributed by atoms with E-state index in [9.17, 15) is 0 Å². The van der Waals surface area contributed by atoms with E-state index in [0.717, 1.165) is 13.2 Å². The van der Waals surface area contributed by atoms with Gasteiger partial charge in [-0.2, -0.15) is 0 Å². The predicted molar refractivity (Wildman–Crippen MR) is 42.3 cm³/mol. The van der Waals surface area contributed by atoms with Crippen molar-refractivity contribution in [3.63, 3.8) is 0 Å². The molecule has 0 amide bonds. The first-order chi connectivity index (χ1) is 2.41. The normalized spacial score (nSPS) is 4.67. The van der Waals surface area contributed by atoms with E-state index in [4.69, 9.17) is 4.74 Å². The van der Waals surface area contributed by atoms with Crippen molar-refractivity contribution >= 4 is 0 Å². The van der Waals surface area contributed by atoms with Gasteiger partial charge in [-0.25, -0.2) is 0 Å². The van der Waals surface area contributed by atoms with Gasteiger partial charge in [0.05, 0.1) is 0 Å². The van der Waals surface area contributed by atoms with Crippen LogP contribution in [-0.2, 0) is 4.74 Å². The van der Waals surface area contributed by atoms with Crippen LogP contribution < -0.4 is 24.6 Å². The molecule has 0 aliphatic heterocycles. The van der Waals surface area contributed by atoms with E-state index in [-0.39, 0.29) is 24.6 Å². The Morgan fingerprint density at radius 2 is 1.00 bits per heavy atom. The summed E-state index contributed by atoms with van der Waals surface area (Å²) in [4.78, 5) is 0. The summed E-state index contributed by atoms with van der Waals surface area (Å²) in [6, 6.07) is 0. The average Bonchev–Trinajstić information content (AvgIpc) is 1.41. The maximum absolute atomic E-state index is 4.83. The molecule has 0 unspecified atom stereocenters. The number of ether oxygens (including phenoxy) is 1. The van der Waals surface area contributed by atoms with E-state index < -0.39 is 0 Å². The molecule has 0 radical (unpaired) electrons. The zero-order valence-corrected chi connectivity index (χ0v) is 6.65. The van der Waals surface area contributed by atoms with Gasteiger partial charge in [0.2, 0.25) is 0 Å². The highest BCUT2D eigenvalue weighted by molar-refractivity contribution is 4.07. The monoisotopic (exact) mass is 142 g/mol. The first-order valence-corrected chi connectivity index (χ1v) is 1.99. The Morgan fingerprint density at radius 3 is 1.00 bits per heavy atom. The Kier molecular flexibility index (Phi) is 190. The predicted octanol–water partition coefficient (Wildman–Crippen LogP) is 1.69. The molecular weight excluding hydrogens is 120 g/mol. The summed E-state index contributed by atoms with van der Waals surface area (Å²) < 4.78 is 4.83. The molecule has 64 valence electrons. The lowest BCUT2D eigenvalue weighted by molar-refractivity contribution is 0.162. The third-order valence-electron chi connectivity index (χ3n) is 0.408. The van der Waals surface area contributed by atoms with Crippen LogP contribution in [0.4, 0.5) is 0 Å². The van der Waals surface area contributed by atoms with Crippen molar-refractivity contribution in [2.75, 3.05) is 13.2 Å².